The predicted octanol–water partition coefficient (Wildman–Crippen LogP) is 4.00. The summed E-state index contributed by atoms with van der Waals surface area (Å²) in [6.45, 7) is 0. The average Bonchev–Trinajstić information content (AvgIpc) is 2.92. The van der Waals surface area contributed by atoms with Gasteiger partial charge in [-0.3, -0.25) is 4.79 Å². The largest absolute Gasteiger partial charge is 0.332 e. The number of hydrogen-bond donors (Lipinski definition) is 2. The Morgan fingerprint density at radius 3 is 2.91 bits per heavy atom. The molecule has 112 valence electrons. The fourth-order valence-corrected chi connectivity index (χ4v) is 2.77. The van der Waals surface area contributed by atoms with Crippen LogP contribution in [0.1, 0.15) is 0 Å². The summed E-state index contributed by atoms with van der Waals surface area (Å²) in [4.78, 5) is 23.5. The number of nitrogens with one attached hydrogen (secondary N) is 2. The van der Waals surface area contributed by atoms with E-state index in [0.717, 1.165) is 5.52 Å². The predicted molar refractivity (Wildman–Crippen MR) is 89.7 cm³/mol. The second-order valence-electron chi connectivity index (χ2n) is 4.38. The molecule has 3 aromatic rings. The zero-order valence-corrected chi connectivity index (χ0v) is 13.5. The SMILES string of the molecule is O=C(CSc1nc2ncccc2[nH]1)Nc1ccc(Cl)c(Cl)c1. The molecular formula is C14H10Cl2N4OS. The van der Waals surface area contributed by atoms with Gasteiger partial charge in [-0.05, 0) is 30.3 Å². The first-order valence-electron chi connectivity index (χ1n) is 6.30. The van der Waals surface area contributed by atoms with Crippen molar-refractivity contribution in [3.63, 3.8) is 0 Å². The summed E-state index contributed by atoms with van der Waals surface area (Å²) < 4.78 is 0. The number of hydrogen-bond acceptors (Lipinski definition) is 4. The van der Waals surface area contributed by atoms with Crippen molar-refractivity contribution in [2.45, 2.75) is 5.16 Å². The Bertz CT molecular complexity index is 804. The molecule has 1 amide bonds. The molecule has 0 aliphatic rings. The monoisotopic (exact) mass is 352 g/mol. The average molecular weight is 353 g/mol. The number of benzene rings is 1. The van der Waals surface area contributed by atoms with Gasteiger partial charge in [0, 0.05) is 11.9 Å². The van der Waals surface area contributed by atoms with Crippen molar-refractivity contribution in [1.29, 1.82) is 0 Å². The Labute approximate surface area is 140 Å². The fourth-order valence-electron chi connectivity index (χ4n) is 1.80. The van der Waals surface area contributed by atoms with E-state index in [2.05, 4.69) is 20.3 Å². The zero-order valence-electron chi connectivity index (χ0n) is 11.1. The van der Waals surface area contributed by atoms with Crippen molar-refractivity contribution >= 4 is 57.7 Å². The number of fused-ring (bicyclic) bond motifs is 1. The number of pyridine rings is 1. The molecule has 3 rings (SSSR count). The number of thioether (sulfide) groups is 1. The molecule has 8 heteroatoms. The van der Waals surface area contributed by atoms with Crippen molar-refractivity contribution < 1.29 is 4.79 Å². The molecule has 0 spiro atoms. The zero-order chi connectivity index (χ0) is 15.5. The van der Waals surface area contributed by atoms with Gasteiger partial charge in [0.05, 0.1) is 21.3 Å². The molecule has 0 fully saturated rings. The molecule has 1 aromatic carbocycles. The topological polar surface area (TPSA) is 70.7 Å². The van der Waals surface area contributed by atoms with Crippen LogP contribution in [0.15, 0.2) is 41.7 Å². The van der Waals surface area contributed by atoms with Crippen molar-refractivity contribution in [3.8, 4) is 0 Å². The third-order valence-electron chi connectivity index (χ3n) is 2.78. The Kier molecular flexibility index (Phi) is 4.52. The van der Waals surface area contributed by atoms with Gasteiger partial charge >= 0.3 is 0 Å². The first-order valence-corrected chi connectivity index (χ1v) is 8.04. The molecule has 22 heavy (non-hydrogen) atoms. The summed E-state index contributed by atoms with van der Waals surface area (Å²) in [7, 11) is 0. The van der Waals surface area contributed by atoms with E-state index in [0.29, 0.717) is 26.5 Å². The number of nitrogens with zero attached hydrogens (tertiary/aromatic N) is 2. The van der Waals surface area contributed by atoms with Crippen LogP contribution in [0.4, 0.5) is 5.69 Å². The molecule has 2 heterocycles. The molecule has 5 nitrogen and oxygen atoms in total. The van der Waals surface area contributed by atoms with Crippen molar-refractivity contribution in [3.05, 3.63) is 46.6 Å². The third-order valence-corrected chi connectivity index (χ3v) is 4.39. The molecule has 2 N–H and O–H groups in total. The Morgan fingerprint density at radius 1 is 1.27 bits per heavy atom. The summed E-state index contributed by atoms with van der Waals surface area (Å²) in [5.41, 5.74) is 2.08. The molecule has 0 saturated heterocycles. The molecule has 0 radical (unpaired) electrons. The van der Waals surface area contributed by atoms with E-state index >= 15 is 0 Å². The highest BCUT2D eigenvalue weighted by atomic mass is 35.5. The van der Waals surface area contributed by atoms with Crippen LogP contribution in [0.5, 0.6) is 0 Å². The van der Waals surface area contributed by atoms with Crippen molar-refractivity contribution in [2.75, 3.05) is 11.1 Å². The van der Waals surface area contributed by atoms with E-state index < -0.39 is 0 Å². The lowest BCUT2D eigenvalue weighted by atomic mass is 10.3. The van der Waals surface area contributed by atoms with Gasteiger partial charge in [0.25, 0.3) is 0 Å². The van der Waals surface area contributed by atoms with Crippen LogP contribution < -0.4 is 5.32 Å². The maximum atomic E-state index is 11.9. The number of rotatable bonds is 4. The van der Waals surface area contributed by atoms with Gasteiger partial charge in [0.2, 0.25) is 5.91 Å². The number of aromatic nitrogens is 3. The highest BCUT2D eigenvalue weighted by Crippen LogP contribution is 2.25. The molecule has 0 aliphatic carbocycles. The van der Waals surface area contributed by atoms with E-state index in [1.807, 2.05) is 12.1 Å². The lowest BCUT2D eigenvalue weighted by Crippen LogP contribution is -2.14. The van der Waals surface area contributed by atoms with Crippen LogP contribution in [0, 0.1) is 0 Å². The molecule has 2 aromatic heterocycles. The number of aromatic amines is 1. The van der Waals surface area contributed by atoms with E-state index in [9.17, 15) is 4.79 Å². The second-order valence-corrected chi connectivity index (χ2v) is 6.16. The maximum Gasteiger partial charge on any atom is 0.234 e. The standard InChI is InChI=1S/C14H10Cl2N4OS/c15-9-4-3-8(6-10(9)16)18-12(21)7-22-14-19-11-2-1-5-17-13(11)20-14/h1-6H,7H2,(H,18,21)(H,17,19,20). The molecule has 0 saturated carbocycles. The van der Waals surface area contributed by atoms with Crippen LogP contribution in [-0.2, 0) is 4.79 Å². The molecule has 0 bridgehead atoms. The van der Waals surface area contributed by atoms with E-state index in [4.69, 9.17) is 23.2 Å². The highest BCUT2D eigenvalue weighted by Gasteiger charge is 2.08. The lowest BCUT2D eigenvalue weighted by molar-refractivity contribution is -0.113. The summed E-state index contributed by atoms with van der Waals surface area (Å²) in [6, 6.07) is 8.65. The highest BCUT2D eigenvalue weighted by molar-refractivity contribution is 7.99. The minimum Gasteiger partial charge on any atom is -0.332 e. The van der Waals surface area contributed by atoms with Crippen LogP contribution in [0.3, 0.4) is 0 Å². The number of anilines is 1. The van der Waals surface area contributed by atoms with E-state index in [1.165, 1.54) is 11.8 Å². The Hall–Kier alpha value is -1.76. The minimum absolute atomic E-state index is 0.156. The van der Waals surface area contributed by atoms with Gasteiger partial charge in [-0.2, -0.15) is 0 Å². The summed E-state index contributed by atoms with van der Waals surface area (Å²) >= 11 is 13.0. The van der Waals surface area contributed by atoms with Crippen LogP contribution >= 0.6 is 35.0 Å². The summed E-state index contributed by atoms with van der Waals surface area (Å²) in [5, 5.41) is 4.25. The van der Waals surface area contributed by atoms with Gasteiger partial charge in [-0.25, -0.2) is 9.97 Å². The third kappa shape index (κ3) is 3.52. The summed E-state index contributed by atoms with van der Waals surface area (Å²) in [5.74, 6) is 0.0666. The number of carbonyl (C=O) groups excluding carboxylic acids is 1. The quantitative estimate of drug-likeness (QED) is 0.696. The number of halogens is 2. The van der Waals surface area contributed by atoms with Crippen LogP contribution in [0.2, 0.25) is 10.0 Å². The van der Waals surface area contributed by atoms with E-state index in [1.54, 1.807) is 24.4 Å². The normalized spacial score (nSPS) is 10.8. The Balaban J connectivity index is 1.60. The second kappa shape index (κ2) is 6.56. The number of carbonyl (C=O) groups is 1. The Morgan fingerprint density at radius 2 is 2.14 bits per heavy atom. The first kappa shape index (κ1) is 15.1. The summed E-state index contributed by atoms with van der Waals surface area (Å²) in [6.07, 6.45) is 1.68. The van der Waals surface area contributed by atoms with Gasteiger partial charge in [0.15, 0.2) is 10.8 Å². The van der Waals surface area contributed by atoms with E-state index in [-0.39, 0.29) is 11.7 Å². The fraction of sp³-hybridized carbons (Fsp3) is 0.0714. The molecule has 0 aliphatic heterocycles. The maximum absolute atomic E-state index is 11.9. The van der Waals surface area contributed by atoms with Crippen LogP contribution in [0.25, 0.3) is 11.2 Å². The van der Waals surface area contributed by atoms with Gasteiger partial charge in [-0.15, -0.1) is 0 Å². The number of H-pyrrole nitrogens is 1. The van der Waals surface area contributed by atoms with Crippen LogP contribution in [-0.4, -0.2) is 26.6 Å². The minimum atomic E-state index is -0.156. The molecule has 0 unspecified atom stereocenters. The number of imidazole rings is 1. The lowest BCUT2D eigenvalue weighted by Gasteiger charge is -2.05. The first-order chi connectivity index (χ1) is 10.6. The smallest absolute Gasteiger partial charge is 0.234 e. The molecule has 0 atom stereocenters. The molecular weight excluding hydrogens is 343 g/mol. The van der Waals surface area contributed by atoms with Gasteiger partial charge in [0.1, 0.15) is 0 Å². The number of amides is 1. The van der Waals surface area contributed by atoms with Crippen molar-refractivity contribution in [2.24, 2.45) is 0 Å². The van der Waals surface area contributed by atoms with Gasteiger partial charge < -0.3 is 10.3 Å². The van der Waals surface area contributed by atoms with Crippen molar-refractivity contribution in [1.82, 2.24) is 15.0 Å². The van der Waals surface area contributed by atoms with Gasteiger partial charge in [-0.1, -0.05) is 35.0 Å².